The van der Waals surface area contributed by atoms with Crippen LogP contribution in [0.15, 0.2) is 0 Å². The zero-order chi connectivity index (χ0) is 20.0. The topological polar surface area (TPSA) is 3.24 Å². The average Bonchev–Trinajstić information content (AvgIpc) is 2.67. The molecule has 1 saturated heterocycles. The Hall–Kier alpha value is -0.0400. The van der Waals surface area contributed by atoms with Crippen molar-refractivity contribution < 1.29 is 0 Å². The van der Waals surface area contributed by atoms with Gasteiger partial charge in [0.25, 0.3) is 0 Å². The summed E-state index contributed by atoms with van der Waals surface area (Å²) in [6.45, 7) is 16.1. The third-order valence-electron chi connectivity index (χ3n) is 7.28. The minimum atomic E-state index is 0.625. The second-order valence-electron chi connectivity index (χ2n) is 10.1. The average molecular weight is 380 g/mol. The highest BCUT2D eigenvalue weighted by Gasteiger charge is 2.25. The van der Waals surface area contributed by atoms with Gasteiger partial charge in [0.15, 0.2) is 0 Å². The van der Waals surface area contributed by atoms with Crippen molar-refractivity contribution in [1.29, 1.82) is 0 Å². The quantitative estimate of drug-likeness (QED) is 0.260. The summed E-state index contributed by atoms with van der Waals surface area (Å²) >= 11 is 0. The van der Waals surface area contributed by atoms with Gasteiger partial charge in [-0.15, -0.1) is 0 Å². The van der Waals surface area contributed by atoms with Gasteiger partial charge in [0, 0.05) is 6.54 Å². The van der Waals surface area contributed by atoms with Gasteiger partial charge in [-0.05, 0) is 75.3 Å². The first-order chi connectivity index (χ1) is 13.1. The van der Waals surface area contributed by atoms with Gasteiger partial charge in [0.05, 0.1) is 0 Å². The minimum absolute atomic E-state index is 0.625. The Labute approximate surface area is 173 Å². The van der Waals surface area contributed by atoms with Crippen molar-refractivity contribution in [2.24, 2.45) is 17.3 Å². The molecule has 1 aliphatic rings. The second-order valence-corrected chi connectivity index (χ2v) is 10.1. The molecule has 1 nitrogen and oxygen atoms in total. The molecule has 0 aliphatic carbocycles. The molecule has 0 amide bonds. The van der Waals surface area contributed by atoms with Crippen LogP contribution in [0.2, 0.25) is 0 Å². The highest BCUT2D eigenvalue weighted by atomic mass is 15.1. The summed E-state index contributed by atoms with van der Waals surface area (Å²) in [5.74, 6) is 1.97. The first kappa shape index (κ1) is 25.0. The zero-order valence-electron chi connectivity index (χ0n) is 19.8. The number of hydrogen-bond acceptors (Lipinski definition) is 1. The summed E-state index contributed by atoms with van der Waals surface area (Å²) in [7, 11) is 0. The Bertz CT molecular complexity index is 315. The largest absolute Gasteiger partial charge is 0.303 e. The van der Waals surface area contributed by atoms with Gasteiger partial charge in [0.1, 0.15) is 0 Å². The van der Waals surface area contributed by atoms with Crippen LogP contribution < -0.4 is 0 Å². The fourth-order valence-electron chi connectivity index (χ4n) is 5.37. The van der Waals surface area contributed by atoms with Crippen molar-refractivity contribution in [1.82, 2.24) is 4.90 Å². The van der Waals surface area contributed by atoms with Crippen LogP contribution in [0.5, 0.6) is 0 Å². The van der Waals surface area contributed by atoms with Crippen LogP contribution in [0.25, 0.3) is 0 Å². The molecule has 1 rings (SSSR count). The predicted molar refractivity (Wildman–Crippen MR) is 123 cm³/mol. The van der Waals surface area contributed by atoms with Crippen molar-refractivity contribution in [3.8, 4) is 0 Å². The lowest BCUT2D eigenvalue weighted by molar-refractivity contribution is 0.143. The van der Waals surface area contributed by atoms with Gasteiger partial charge >= 0.3 is 0 Å². The number of unbranched alkanes of at least 4 members (excludes halogenated alkanes) is 2. The first-order valence-electron chi connectivity index (χ1n) is 12.8. The highest BCUT2D eigenvalue weighted by Crippen LogP contribution is 2.37. The molecule has 162 valence electrons. The van der Waals surface area contributed by atoms with Crippen LogP contribution in [0.1, 0.15) is 131 Å². The molecule has 0 unspecified atom stereocenters. The molecular weight excluding hydrogens is 326 g/mol. The minimum Gasteiger partial charge on any atom is -0.303 e. The van der Waals surface area contributed by atoms with Gasteiger partial charge < -0.3 is 4.90 Å². The van der Waals surface area contributed by atoms with Gasteiger partial charge in [-0.1, -0.05) is 86.0 Å². The fraction of sp³-hybridized carbons (Fsp3) is 1.00. The molecule has 0 aromatic heterocycles. The van der Waals surface area contributed by atoms with Gasteiger partial charge in [-0.3, -0.25) is 0 Å². The van der Waals surface area contributed by atoms with Crippen molar-refractivity contribution in [2.45, 2.75) is 131 Å². The number of piperidine rings is 1. The molecule has 0 aromatic carbocycles. The van der Waals surface area contributed by atoms with E-state index in [1.807, 2.05) is 0 Å². The van der Waals surface area contributed by atoms with Crippen molar-refractivity contribution in [3.05, 3.63) is 0 Å². The molecular formula is C26H53N. The fourth-order valence-corrected chi connectivity index (χ4v) is 5.37. The summed E-state index contributed by atoms with van der Waals surface area (Å²) in [5, 5.41) is 0. The summed E-state index contributed by atoms with van der Waals surface area (Å²) < 4.78 is 0. The smallest absolute Gasteiger partial charge is 0.000966 e. The standard InChI is InChI=1S/C26H53N/c1-6-10-18-26(5,19-11-7-2)20-12-15-24-16-21-27(22-17-24)23-25(13-8-3)14-9-4/h24-25H,6-23H2,1-5H3. The number of nitrogens with zero attached hydrogens (tertiary/aromatic N) is 1. The first-order valence-corrected chi connectivity index (χ1v) is 12.8. The van der Waals surface area contributed by atoms with E-state index in [-0.39, 0.29) is 0 Å². The number of rotatable bonds is 16. The SMILES string of the molecule is CCCCC(C)(CCCC)CCCC1CCN(CC(CCC)CCC)CC1. The highest BCUT2D eigenvalue weighted by molar-refractivity contribution is 4.78. The summed E-state index contributed by atoms with van der Waals surface area (Å²) in [4.78, 5) is 2.79. The summed E-state index contributed by atoms with van der Waals surface area (Å²) in [6.07, 6.45) is 21.4. The van der Waals surface area contributed by atoms with Crippen LogP contribution in [0.4, 0.5) is 0 Å². The maximum absolute atomic E-state index is 2.79. The van der Waals surface area contributed by atoms with Crippen LogP contribution in [0.3, 0.4) is 0 Å². The van der Waals surface area contributed by atoms with Gasteiger partial charge in [-0.2, -0.15) is 0 Å². The third-order valence-corrected chi connectivity index (χ3v) is 7.28. The molecule has 0 aromatic rings. The predicted octanol–water partition coefficient (Wildman–Crippen LogP) is 8.47. The lowest BCUT2D eigenvalue weighted by Crippen LogP contribution is -2.37. The third kappa shape index (κ3) is 10.9. The molecule has 0 atom stereocenters. The molecule has 1 aliphatic heterocycles. The molecule has 1 fully saturated rings. The maximum Gasteiger partial charge on any atom is 0.000966 e. The van der Waals surface area contributed by atoms with Crippen molar-refractivity contribution in [2.75, 3.05) is 19.6 Å². The molecule has 0 radical (unpaired) electrons. The van der Waals surface area contributed by atoms with E-state index in [0.29, 0.717) is 5.41 Å². The van der Waals surface area contributed by atoms with E-state index >= 15 is 0 Å². The second kappa shape index (κ2) is 14.9. The van der Waals surface area contributed by atoms with E-state index in [4.69, 9.17) is 0 Å². The van der Waals surface area contributed by atoms with E-state index in [9.17, 15) is 0 Å². The molecule has 0 spiro atoms. The Kier molecular flexibility index (Phi) is 13.8. The molecule has 0 saturated carbocycles. The van der Waals surface area contributed by atoms with E-state index in [2.05, 4.69) is 39.5 Å². The Morgan fingerprint density at radius 2 is 1.30 bits per heavy atom. The van der Waals surface area contributed by atoms with E-state index in [1.54, 1.807) is 0 Å². The van der Waals surface area contributed by atoms with Crippen molar-refractivity contribution >= 4 is 0 Å². The van der Waals surface area contributed by atoms with Gasteiger partial charge in [-0.25, -0.2) is 0 Å². The van der Waals surface area contributed by atoms with Crippen LogP contribution in [-0.2, 0) is 0 Å². The lowest BCUT2D eigenvalue weighted by atomic mass is 9.75. The van der Waals surface area contributed by atoms with Crippen LogP contribution >= 0.6 is 0 Å². The molecule has 27 heavy (non-hydrogen) atoms. The molecule has 0 N–H and O–H groups in total. The number of hydrogen-bond donors (Lipinski definition) is 0. The zero-order valence-corrected chi connectivity index (χ0v) is 19.8. The molecule has 1 heteroatoms. The van der Waals surface area contributed by atoms with Crippen molar-refractivity contribution in [3.63, 3.8) is 0 Å². The summed E-state index contributed by atoms with van der Waals surface area (Å²) in [5.41, 5.74) is 0.625. The van der Waals surface area contributed by atoms with Gasteiger partial charge in [0.2, 0.25) is 0 Å². The normalized spacial score (nSPS) is 17.1. The monoisotopic (exact) mass is 379 g/mol. The number of likely N-dealkylation sites (tertiary alicyclic amines) is 1. The van der Waals surface area contributed by atoms with E-state index < -0.39 is 0 Å². The van der Waals surface area contributed by atoms with Crippen LogP contribution in [-0.4, -0.2) is 24.5 Å². The maximum atomic E-state index is 2.79. The Morgan fingerprint density at radius 3 is 1.78 bits per heavy atom. The lowest BCUT2D eigenvalue weighted by Gasteiger charge is -2.35. The van der Waals surface area contributed by atoms with E-state index in [0.717, 1.165) is 11.8 Å². The molecule has 0 bridgehead atoms. The summed E-state index contributed by atoms with van der Waals surface area (Å²) in [6, 6.07) is 0. The van der Waals surface area contributed by atoms with E-state index in [1.165, 1.54) is 116 Å². The molecule has 1 heterocycles. The Balaban J connectivity index is 2.28. The Morgan fingerprint density at radius 1 is 0.778 bits per heavy atom. The van der Waals surface area contributed by atoms with Crippen LogP contribution in [0, 0.1) is 17.3 Å².